The number of rotatable bonds is 3. The van der Waals surface area contributed by atoms with Gasteiger partial charge in [-0.1, -0.05) is 6.92 Å². The lowest BCUT2D eigenvalue weighted by Gasteiger charge is -2.36. The van der Waals surface area contributed by atoms with E-state index in [1.807, 2.05) is 13.8 Å². The molecule has 108 valence electrons. The maximum Gasteiger partial charge on any atom is 0.244 e. The topological polar surface area (TPSA) is 63.4 Å². The van der Waals surface area contributed by atoms with E-state index in [2.05, 4.69) is 6.92 Å². The van der Waals surface area contributed by atoms with Crippen molar-refractivity contribution in [2.75, 3.05) is 13.1 Å². The average Bonchev–Trinajstić information content (AvgIpc) is 2.68. The van der Waals surface area contributed by atoms with Crippen molar-refractivity contribution < 1.29 is 8.42 Å². The number of nitrogens with two attached hydrogens (primary N) is 1. The van der Waals surface area contributed by atoms with Crippen LogP contribution in [0.1, 0.15) is 29.5 Å². The summed E-state index contributed by atoms with van der Waals surface area (Å²) in [6.07, 6.45) is 1.77. The van der Waals surface area contributed by atoms with Crippen LogP contribution in [0.2, 0.25) is 0 Å². The van der Waals surface area contributed by atoms with E-state index >= 15 is 0 Å². The predicted molar refractivity (Wildman–Crippen MR) is 78.9 cm³/mol. The molecular formula is C13H22N2O2S2. The lowest BCUT2D eigenvalue weighted by Crippen LogP contribution is -2.49. The van der Waals surface area contributed by atoms with E-state index in [1.54, 1.807) is 10.4 Å². The second-order valence-corrected chi connectivity index (χ2v) is 8.73. The minimum Gasteiger partial charge on any atom is -0.329 e. The van der Waals surface area contributed by atoms with E-state index in [0.717, 1.165) is 22.6 Å². The molecule has 1 aromatic rings. The van der Waals surface area contributed by atoms with Crippen molar-refractivity contribution in [3.05, 3.63) is 15.8 Å². The van der Waals surface area contributed by atoms with Crippen molar-refractivity contribution in [3.63, 3.8) is 0 Å². The van der Waals surface area contributed by atoms with E-state index in [0.29, 0.717) is 23.9 Å². The van der Waals surface area contributed by atoms with Crippen LogP contribution < -0.4 is 5.73 Å². The Morgan fingerprint density at radius 3 is 2.68 bits per heavy atom. The normalized spacial score (nSPS) is 25.7. The van der Waals surface area contributed by atoms with Gasteiger partial charge in [-0.15, -0.1) is 11.3 Å². The van der Waals surface area contributed by atoms with E-state index in [9.17, 15) is 8.42 Å². The Morgan fingerprint density at radius 2 is 2.16 bits per heavy atom. The van der Waals surface area contributed by atoms with Gasteiger partial charge in [0.1, 0.15) is 0 Å². The molecule has 1 saturated heterocycles. The van der Waals surface area contributed by atoms with Crippen LogP contribution in [0, 0.1) is 19.8 Å². The third-order valence-corrected chi connectivity index (χ3v) is 6.95. The predicted octanol–water partition coefficient (Wildman–Crippen LogP) is 2.11. The van der Waals surface area contributed by atoms with E-state index in [1.165, 1.54) is 11.3 Å². The Hall–Kier alpha value is -0.430. The molecule has 0 saturated carbocycles. The fourth-order valence-corrected chi connectivity index (χ4v) is 5.94. The first-order valence-electron chi connectivity index (χ1n) is 6.65. The largest absolute Gasteiger partial charge is 0.329 e. The fourth-order valence-electron chi connectivity index (χ4n) is 2.75. The first kappa shape index (κ1) is 15.0. The highest BCUT2D eigenvalue weighted by atomic mass is 32.2. The van der Waals surface area contributed by atoms with Crippen molar-refractivity contribution in [3.8, 4) is 0 Å². The number of thiophene rings is 1. The van der Waals surface area contributed by atoms with E-state index in [-0.39, 0.29) is 6.04 Å². The van der Waals surface area contributed by atoms with Crippen LogP contribution in [0.15, 0.2) is 11.0 Å². The smallest absolute Gasteiger partial charge is 0.244 e. The van der Waals surface area contributed by atoms with Crippen LogP contribution in [0.4, 0.5) is 0 Å². The lowest BCUT2D eigenvalue weighted by atomic mass is 9.94. The number of hydrogen-bond acceptors (Lipinski definition) is 4. The molecule has 2 atom stereocenters. The highest BCUT2D eigenvalue weighted by Gasteiger charge is 2.36. The molecule has 0 spiro atoms. The monoisotopic (exact) mass is 302 g/mol. The second kappa shape index (κ2) is 5.52. The lowest BCUT2D eigenvalue weighted by molar-refractivity contribution is 0.211. The first-order chi connectivity index (χ1) is 8.86. The van der Waals surface area contributed by atoms with Crippen LogP contribution in [0.25, 0.3) is 0 Å². The SMILES string of the molecule is Cc1cc(S(=O)(=O)N2CCC(C)CC2CN)c(C)s1. The highest BCUT2D eigenvalue weighted by molar-refractivity contribution is 7.89. The van der Waals surface area contributed by atoms with Crippen molar-refractivity contribution in [2.45, 2.75) is 44.6 Å². The maximum absolute atomic E-state index is 12.8. The summed E-state index contributed by atoms with van der Waals surface area (Å²) in [7, 11) is -3.39. The fraction of sp³-hybridized carbons (Fsp3) is 0.692. The zero-order chi connectivity index (χ0) is 14.2. The number of hydrogen-bond donors (Lipinski definition) is 1. The van der Waals surface area contributed by atoms with Crippen LogP contribution in [0.5, 0.6) is 0 Å². The van der Waals surface area contributed by atoms with Gasteiger partial charge in [-0.25, -0.2) is 8.42 Å². The van der Waals surface area contributed by atoms with Crippen molar-refractivity contribution in [1.82, 2.24) is 4.31 Å². The van der Waals surface area contributed by atoms with Gasteiger partial charge in [-0.3, -0.25) is 0 Å². The summed E-state index contributed by atoms with van der Waals surface area (Å²) in [5, 5.41) is 0. The molecule has 2 N–H and O–H groups in total. The van der Waals surface area contributed by atoms with Gasteiger partial charge in [0.15, 0.2) is 0 Å². The van der Waals surface area contributed by atoms with Crippen molar-refractivity contribution >= 4 is 21.4 Å². The third kappa shape index (κ3) is 2.86. The molecule has 2 unspecified atom stereocenters. The number of sulfonamides is 1. The molecule has 1 aliphatic heterocycles. The molecule has 6 heteroatoms. The second-order valence-electron chi connectivity index (χ2n) is 5.41. The Kier molecular flexibility index (Phi) is 4.35. The summed E-state index contributed by atoms with van der Waals surface area (Å²) in [6.45, 7) is 6.95. The summed E-state index contributed by atoms with van der Waals surface area (Å²) >= 11 is 1.53. The standard InChI is InChI=1S/C13H22N2O2S2/c1-9-4-5-15(12(6-9)8-14)19(16,17)13-7-10(2)18-11(13)3/h7,9,12H,4-6,8,14H2,1-3H3. The average molecular weight is 302 g/mol. The van der Waals surface area contributed by atoms with Crippen molar-refractivity contribution in [2.24, 2.45) is 11.7 Å². The third-order valence-electron chi connectivity index (χ3n) is 3.78. The summed E-state index contributed by atoms with van der Waals surface area (Å²) in [5.41, 5.74) is 5.77. The zero-order valence-corrected chi connectivity index (χ0v) is 13.4. The number of piperidine rings is 1. The van der Waals surface area contributed by atoms with Gasteiger partial charge in [0.25, 0.3) is 0 Å². The van der Waals surface area contributed by atoms with Crippen molar-refractivity contribution in [1.29, 1.82) is 0 Å². The number of aryl methyl sites for hydroxylation is 2. The molecule has 0 aromatic carbocycles. The molecule has 0 radical (unpaired) electrons. The zero-order valence-electron chi connectivity index (χ0n) is 11.7. The van der Waals surface area contributed by atoms with Crippen LogP contribution >= 0.6 is 11.3 Å². The Bertz CT molecular complexity index is 551. The van der Waals surface area contributed by atoms with Gasteiger partial charge >= 0.3 is 0 Å². The highest BCUT2D eigenvalue weighted by Crippen LogP contribution is 2.32. The summed E-state index contributed by atoms with van der Waals surface area (Å²) in [6, 6.07) is 1.72. The Morgan fingerprint density at radius 1 is 1.47 bits per heavy atom. The van der Waals surface area contributed by atoms with Crippen LogP contribution in [-0.4, -0.2) is 31.9 Å². The molecule has 0 bridgehead atoms. The molecule has 1 aliphatic rings. The van der Waals surface area contributed by atoms with Crippen LogP contribution in [-0.2, 0) is 10.0 Å². The van der Waals surface area contributed by atoms with Gasteiger partial charge in [0, 0.05) is 28.9 Å². The van der Waals surface area contributed by atoms with Gasteiger partial charge in [0.05, 0.1) is 4.90 Å². The molecule has 1 aromatic heterocycles. The first-order valence-corrected chi connectivity index (χ1v) is 8.91. The minimum absolute atomic E-state index is 0.0617. The van der Waals surface area contributed by atoms with Gasteiger partial charge in [-0.05, 0) is 38.7 Å². The quantitative estimate of drug-likeness (QED) is 0.930. The van der Waals surface area contributed by atoms with E-state index < -0.39 is 10.0 Å². The Labute approximate surface area is 119 Å². The van der Waals surface area contributed by atoms with E-state index in [4.69, 9.17) is 5.73 Å². The molecule has 19 heavy (non-hydrogen) atoms. The molecule has 0 amide bonds. The van der Waals surface area contributed by atoms with Gasteiger partial charge < -0.3 is 5.73 Å². The number of nitrogens with zero attached hydrogens (tertiary/aromatic N) is 1. The molecular weight excluding hydrogens is 280 g/mol. The molecule has 4 nitrogen and oxygen atoms in total. The molecule has 2 rings (SSSR count). The van der Waals surface area contributed by atoms with Gasteiger partial charge in [-0.2, -0.15) is 4.31 Å². The summed E-state index contributed by atoms with van der Waals surface area (Å²) in [5.74, 6) is 0.547. The summed E-state index contributed by atoms with van der Waals surface area (Å²) < 4.78 is 27.2. The van der Waals surface area contributed by atoms with Crippen LogP contribution in [0.3, 0.4) is 0 Å². The molecule has 2 heterocycles. The minimum atomic E-state index is -3.39. The molecule has 0 aliphatic carbocycles. The molecule has 1 fully saturated rings. The Balaban J connectivity index is 2.36. The maximum atomic E-state index is 12.8. The van der Waals surface area contributed by atoms with Gasteiger partial charge in [0.2, 0.25) is 10.0 Å². The summed E-state index contributed by atoms with van der Waals surface area (Å²) in [4.78, 5) is 2.36.